The molecule has 0 spiro atoms. The summed E-state index contributed by atoms with van der Waals surface area (Å²) < 4.78 is 0. The van der Waals surface area contributed by atoms with Crippen LogP contribution in [-0.2, 0) is 11.2 Å². The zero-order valence-corrected chi connectivity index (χ0v) is 11.1. The van der Waals surface area contributed by atoms with Crippen molar-refractivity contribution in [1.82, 2.24) is 0 Å². The van der Waals surface area contributed by atoms with Gasteiger partial charge in [0.05, 0.1) is 6.42 Å². The number of carbonyl (C=O) groups is 2. The molecule has 1 aromatic carbocycles. The molecule has 1 saturated carbocycles. The standard InChI is InChI=1S/C15H16O2S/c16-13(10-3-4-10)9-14(17)11-5-6-15-12(8-11)2-1-7-18-15/h5-6,8,10H,1-4,7,9H2. The van der Waals surface area contributed by atoms with Gasteiger partial charge in [-0.25, -0.2) is 0 Å². The molecule has 2 aliphatic rings. The topological polar surface area (TPSA) is 34.1 Å². The Balaban J connectivity index is 1.74. The number of fused-ring (bicyclic) bond motifs is 1. The highest BCUT2D eigenvalue weighted by atomic mass is 32.2. The van der Waals surface area contributed by atoms with Gasteiger partial charge in [-0.05, 0) is 49.1 Å². The molecule has 1 heterocycles. The summed E-state index contributed by atoms with van der Waals surface area (Å²) in [5.74, 6) is 1.47. The van der Waals surface area contributed by atoms with Crippen LogP contribution in [0.4, 0.5) is 0 Å². The fourth-order valence-corrected chi connectivity index (χ4v) is 3.36. The van der Waals surface area contributed by atoms with Crippen molar-refractivity contribution in [3.63, 3.8) is 0 Å². The Bertz CT molecular complexity index is 503. The van der Waals surface area contributed by atoms with E-state index in [0.717, 1.165) is 19.3 Å². The molecule has 3 heteroatoms. The van der Waals surface area contributed by atoms with Gasteiger partial charge in [-0.2, -0.15) is 0 Å². The molecule has 1 aromatic rings. The largest absolute Gasteiger partial charge is 0.299 e. The Morgan fingerprint density at radius 2 is 2.11 bits per heavy atom. The molecule has 0 saturated heterocycles. The fraction of sp³-hybridized carbons (Fsp3) is 0.467. The third-order valence-corrected chi connectivity index (χ3v) is 4.80. The zero-order chi connectivity index (χ0) is 12.5. The molecule has 94 valence electrons. The van der Waals surface area contributed by atoms with Crippen LogP contribution in [0.5, 0.6) is 0 Å². The maximum absolute atomic E-state index is 12.0. The third-order valence-electron chi connectivity index (χ3n) is 3.60. The van der Waals surface area contributed by atoms with Crippen molar-refractivity contribution >= 4 is 23.3 Å². The lowest BCUT2D eigenvalue weighted by Gasteiger charge is -2.15. The Kier molecular flexibility index (Phi) is 3.25. The van der Waals surface area contributed by atoms with E-state index in [2.05, 4.69) is 0 Å². The summed E-state index contributed by atoms with van der Waals surface area (Å²) in [5, 5.41) is 0. The number of thioether (sulfide) groups is 1. The fourth-order valence-electron chi connectivity index (χ4n) is 2.34. The van der Waals surface area contributed by atoms with E-state index in [-0.39, 0.29) is 23.9 Å². The Morgan fingerprint density at radius 1 is 1.28 bits per heavy atom. The predicted molar refractivity (Wildman–Crippen MR) is 72.2 cm³/mol. The molecule has 0 aromatic heterocycles. The van der Waals surface area contributed by atoms with Gasteiger partial charge in [-0.1, -0.05) is 6.07 Å². The molecule has 0 radical (unpaired) electrons. The molecule has 18 heavy (non-hydrogen) atoms. The van der Waals surface area contributed by atoms with E-state index in [1.54, 1.807) is 0 Å². The molecule has 0 unspecified atom stereocenters. The van der Waals surface area contributed by atoms with Crippen LogP contribution in [0.1, 0.15) is 41.6 Å². The number of rotatable bonds is 4. The van der Waals surface area contributed by atoms with Crippen molar-refractivity contribution < 1.29 is 9.59 Å². The van der Waals surface area contributed by atoms with E-state index in [4.69, 9.17) is 0 Å². The van der Waals surface area contributed by atoms with Gasteiger partial charge in [0.15, 0.2) is 5.78 Å². The first kappa shape index (κ1) is 12.0. The molecular formula is C15H16O2S. The lowest BCUT2D eigenvalue weighted by molar-refractivity contribution is -0.119. The summed E-state index contributed by atoms with van der Waals surface area (Å²) in [4.78, 5) is 25.0. The van der Waals surface area contributed by atoms with Crippen LogP contribution in [0.15, 0.2) is 23.1 Å². The summed E-state index contributed by atoms with van der Waals surface area (Å²) in [7, 11) is 0. The molecule has 0 bridgehead atoms. The van der Waals surface area contributed by atoms with E-state index in [1.807, 2.05) is 30.0 Å². The molecule has 0 N–H and O–H groups in total. The van der Waals surface area contributed by atoms with Crippen molar-refractivity contribution in [3.8, 4) is 0 Å². The highest BCUT2D eigenvalue weighted by molar-refractivity contribution is 7.99. The van der Waals surface area contributed by atoms with Crippen LogP contribution in [0.25, 0.3) is 0 Å². The number of ketones is 2. The van der Waals surface area contributed by atoms with Crippen LogP contribution in [0.3, 0.4) is 0 Å². The van der Waals surface area contributed by atoms with E-state index in [9.17, 15) is 9.59 Å². The smallest absolute Gasteiger partial charge is 0.170 e. The molecular weight excluding hydrogens is 244 g/mol. The van der Waals surface area contributed by atoms with E-state index in [0.29, 0.717) is 5.56 Å². The normalized spacial score (nSPS) is 18.2. The van der Waals surface area contributed by atoms with Crippen molar-refractivity contribution in [2.75, 3.05) is 5.75 Å². The second-order valence-corrected chi connectivity index (χ2v) is 6.25. The Hall–Kier alpha value is -1.09. The predicted octanol–water partition coefficient (Wildman–Crippen LogP) is 3.28. The van der Waals surface area contributed by atoms with Crippen molar-refractivity contribution in [2.45, 2.75) is 37.0 Å². The summed E-state index contributed by atoms with van der Waals surface area (Å²) in [6, 6.07) is 5.90. The summed E-state index contributed by atoms with van der Waals surface area (Å²) in [6.07, 6.45) is 4.28. The number of hydrogen-bond acceptors (Lipinski definition) is 3. The van der Waals surface area contributed by atoms with Gasteiger partial charge in [0.25, 0.3) is 0 Å². The molecule has 3 rings (SSSR count). The monoisotopic (exact) mass is 260 g/mol. The van der Waals surface area contributed by atoms with Crippen LogP contribution in [0, 0.1) is 5.92 Å². The van der Waals surface area contributed by atoms with E-state index < -0.39 is 0 Å². The number of hydrogen-bond donors (Lipinski definition) is 0. The number of aryl methyl sites for hydroxylation is 1. The summed E-state index contributed by atoms with van der Waals surface area (Å²) >= 11 is 1.86. The maximum atomic E-state index is 12.0. The number of benzene rings is 1. The Labute approximate surface area is 111 Å². The van der Waals surface area contributed by atoms with Crippen LogP contribution < -0.4 is 0 Å². The molecule has 2 nitrogen and oxygen atoms in total. The second kappa shape index (κ2) is 4.88. The average Bonchev–Trinajstić information content (AvgIpc) is 3.22. The molecule has 1 fully saturated rings. The second-order valence-electron chi connectivity index (χ2n) is 5.12. The van der Waals surface area contributed by atoms with Gasteiger partial charge in [0.1, 0.15) is 5.78 Å². The minimum atomic E-state index is -0.00901. The average molecular weight is 260 g/mol. The first-order valence-corrected chi connectivity index (χ1v) is 7.54. The highest BCUT2D eigenvalue weighted by Crippen LogP contribution is 2.33. The van der Waals surface area contributed by atoms with Gasteiger partial charge in [-0.3, -0.25) is 9.59 Å². The zero-order valence-electron chi connectivity index (χ0n) is 10.3. The lowest BCUT2D eigenvalue weighted by Crippen LogP contribution is -2.10. The lowest BCUT2D eigenvalue weighted by atomic mass is 10.00. The summed E-state index contributed by atoms with van der Waals surface area (Å²) in [5.41, 5.74) is 1.99. The van der Waals surface area contributed by atoms with Gasteiger partial charge < -0.3 is 0 Å². The first-order chi connectivity index (χ1) is 8.74. The van der Waals surface area contributed by atoms with Gasteiger partial charge in [0.2, 0.25) is 0 Å². The van der Waals surface area contributed by atoms with Gasteiger partial charge in [-0.15, -0.1) is 11.8 Å². The quantitative estimate of drug-likeness (QED) is 0.615. The first-order valence-electron chi connectivity index (χ1n) is 6.55. The van der Waals surface area contributed by atoms with Crippen LogP contribution in [-0.4, -0.2) is 17.3 Å². The molecule has 1 aliphatic heterocycles. The number of carbonyl (C=O) groups excluding carboxylic acids is 2. The molecule has 0 amide bonds. The molecule has 1 aliphatic carbocycles. The maximum Gasteiger partial charge on any atom is 0.170 e. The van der Waals surface area contributed by atoms with Crippen molar-refractivity contribution in [3.05, 3.63) is 29.3 Å². The SMILES string of the molecule is O=C(CC(=O)C1CC1)c1ccc2c(c1)CCCS2. The number of Topliss-reactive ketones (excluding diaryl/α,β-unsaturated/α-hetero) is 2. The van der Waals surface area contributed by atoms with Crippen LogP contribution >= 0.6 is 11.8 Å². The Morgan fingerprint density at radius 3 is 2.89 bits per heavy atom. The minimum Gasteiger partial charge on any atom is -0.299 e. The third kappa shape index (κ3) is 2.51. The summed E-state index contributed by atoms with van der Waals surface area (Å²) in [6.45, 7) is 0. The minimum absolute atomic E-state index is 0.00901. The van der Waals surface area contributed by atoms with Crippen molar-refractivity contribution in [2.24, 2.45) is 5.92 Å². The van der Waals surface area contributed by atoms with E-state index in [1.165, 1.54) is 22.6 Å². The highest BCUT2D eigenvalue weighted by Gasteiger charge is 2.30. The van der Waals surface area contributed by atoms with Gasteiger partial charge in [0, 0.05) is 16.4 Å². The van der Waals surface area contributed by atoms with Gasteiger partial charge >= 0.3 is 0 Å². The molecule has 0 atom stereocenters. The van der Waals surface area contributed by atoms with E-state index >= 15 is 0 Å². The van der Waals surface area contributed by atoms with Crippen LogP contribution in [0.2, 0.25) is 0 Å². The van der Waals surface area contributed by atoms with Crippen molar-refractivity contribution in [1.29, 1.82) is 0 Å².